The maximum atomic E-state index is 12.5. The fourth-order valence-corrected chi connectivity index (χ4v) is 3.83. The van der Waals surface area contributed by atoms with E-state index in [-0.39, 0.29) is 5.91 Å². The van der Waals surface area contributed by atoms with Gasteiger partial charge in [0.25, 0.3) is 0 Å². The van der Waals surface area contributed by atoms with Gasteiger partial charge in [-0.05, 0) is 66.9 Å². The maximum absolute atomic E-state index is 12.5. The zero-order valence-electron chi connectivity index (χ0n) is 19.5. The van der Waals surface area contributed by atoms with Crippen LogP contribution in [-0.2, 0) is 11.2 Å². The molecule has 0 radical (unpaired) electrons. The maximum Gasteiger partial charge on any atom is 0.248 e. The van der Waals surface area contributed by atoms with Crippen LogP contribution in [-0.4, -0.2) is 20.9 Å². The average Bonchev–Trinajstić information content (AvgIpc) is 3.54. The molecule has 1 amide bonds. The molecule has 0 bridgehead atoms. The number of unbranched alkanes of at least 4 members (excludes halogenated alkanes) is 1. The van der Waals surface area contributed by atoms with E-state index in [0.717, 1.165) is 28.9 Å². The van der Waals surface area contributed by atoms with Crippen molar-refractivity contribution in [3.8, 4) is 17.0 Å². The van der Waals surface area contributed by atoms with Gasteiger partial charge in [-0.2, -0.15) is 4.80 Å². The monoisotopic (exact) mass is 462 g/mol. The van der Waals surface area contributed by atoms with Gasteiger partial charge in [0, 0.05) is 17.3 Å². The molecule has 1 N–H and O–H groups in total. The predicted octanol–water partition coefficient (Wildman–Crippen LogP) is 6.68. The Morgan fingerprint density at radius 1 is 0.943 bits per heavy atom. The van der Waals surface area contributed by atoms with Crippen molar-refractivity contribution in [2.24, 2.45) is 0 Å². The lowest BCUT2D eigenvalue weighted by Gasteiger charge is -2.02. The molecule has 0 saturated carbocycles. The van der Waals surface area contributed by atoms with Gasteiger partial charge in [-0.3, -0.25) is 4.79 Å². The van der Waals surface area contributed by atoms with Gasteiger partial charge in [0.05, 0.1) is 5.69 Å². The second kappa shape index (κ2) is 10.2. The lowest BCUT2D eigenvalue weighted by atomic mass is 10.1. The lowest BCUT2D eigenvalue weighted by Crippen LogP contribution is -2.07. The Bertz CT molecular complexity index is 1460. The van der Waals surface area contributed by atoms with Crippen molar-refractivity contribution in [1.29, 1.82) is 0 Å². The normalized spacial score (nSPS) is 11.3. The van der Waals surface area contributed by atoms with E-state index in [1.54, 1.807) is 10.9 Å². The SMILES string of the molecule is CCCCc1ccc(-n2nc3ccc(NC(=O)/C=C/c4ccc(-c5ccccc5)o4)cc3n2)cc1. The molecule has 5 rings (SSSR count). The number of carbonyl (C=O) groups excluding carboxylic acids is 1. The van der Waals surface area contributed by atoms with Crippen LogP contribution in [0.15, 0.2) is 95.4 Å². The van der Waals surface area contributed by atoms with Crippen molar-refractivity contribution in [2.45, 2.75) is 26.2 Å². The first-order chi connectivity index (χ1) is 17.2. The Morgan fingerprint density at radius 2 is 1.74 bits per heavy atom. The highest BCUT2D eigenvalue weighted by atomic mass is 16.3. The van der Waals surface area contributed by atoms with Crippen LogP contribution in [0.25, 0.3) is 34.1 Å². The third-order valence-corrected chi connectivity index (χ3v) is 5.72. The van der Waals surface area contributed by atoms with E-state index in [9.17, 15) is 4.79 Å². The molecule has 2 heterocycles. The van der Waals surface area contributed by atoms with E-state index in [4.69, 9.17) is 4.42 Å². The smallest absolute Gasteiger partial charge is 0.248 e. The first-order valence-corrected chi connectivity index (χ1v) is 11.8. The fraction of sp³-hybridized carbons (Fsp3) is 0.138. The summed E-state index contributed by atoms with van der Waals surface area (Å²) in [5.41, 5.74) is 5.33. The largest absolute Gasteiger partial charge is 0.457 e. The van der Waals surface area contributed by atoms with Gasteiger partial charge in [0.15, 0.2) is 0 Å². The van der Waals surface area contributed by atoms with Crippen LogP contribution in [0.3, 0.4) is 0 Å². The Hall–Kier alpha value is -4.45. The highest BCUT2D eigenvalue weighted by molar-refractivity contribution is 6.02. The van der Waals surface area contributed by atoms with Crippen molar-refractivity contribution in [1.82, 2.24) is 15.0 Å². The van der Waals surface area contributed by atoms with E-state index in [2.05, 4.69) is 34.6 Å². The molecule has 0 aliphatic carbocycles. The van der Waals surface area contributed by atoms with Gasteiger partial charge in [-0.1, -0.05) is 55.8 Å². The summed E-state index contributed by atoms with van der Waals surface area (Å²) in [5, 5.41) is 12.0. The molecule has 5 aromatic rings. The lowest BCUT2D eigenvalue weighted by molar-refractivity contribution is -0.111. The van der Waals surface area contributed by atoms with Gasteiger partial charge in [0.2, 0.25) is 5.91 Å². The Kier molecular flexibility index (Phi) is 6.52. The molecule has 0 fully saturated rings. The molecule has 0 unspecified atom stereocenters. The van der Waals surface area contributed by atoms with Crippen molar-refractivity contribution < 1.29 is 9.21 Å². The summed E-state index contributed by atoms with van der Waals surface area (Å²) in [5.74, 6) is 1.12. The van der Waals surface area contributed by atoms with Crippen LogP contribution in [0.1, 0.15) is 31.1 Å². The van der Waals surface area contributed by atoms with Gasteiger partial charge >= 0.3 is 0 Å². The molecule has 6 nitrogen and oxygen atoms in total. The molecule has 6 heteroatoms. The molecule has 35 heavy (non-hydrogen) atoms. The zero-order chi connectivity index (χ0) is 24.0. The minimum Gasteiger partial charge on any atom is -0.457 e. The second-order valence-corrected chi connectivity index (χ2v) is 8.35. The van der Waals surface area contributed by atoms with Crippen molar-refractivity contribution in [2.75, 3.05) is 5.32 Å². The van der Waals surface area contributed by atoms with E-state index in [0.29, 0.717) is 17.0 Å². The third kappa shape index (κ3) is 5.38. The summed E-state index contributed by atoms with van der Waals surface area (Å²) < 4.78 is 5.81. The number of carbonyl (C=O) groups is 1. The predicted molar refractivity (Wildman–Crippen MR) is 139 cm³/mol. The number of furan rings is 1. The number of nitrogens with zero attached hydrogens (tertiary/aromatic N) is 3. The fourth-order valence-electron chi connectivity index (χ4n) is 3.83. The molecular weight excluding hydrogens is 436 g/mol. The van der Waals surface area contributed by atoms with Crippen molar-refractivity contribution in [3.63, 3.8) is 0 Å². The Morgan fingerprint density at radius 3 is 2.54 bits per heavy atom. The first kappa shape index (κ1) is 22.3. The molecular formula is C29H26N4O2. The summed E-state index contributed by atoms with van der Waals surface area (Å²) in [7, 11) is 0. The molecule has 0 aliphatic rings. The number of anilines is 1. The molecule has 0 spiro atoms. The molecule has 174 valence electrons. The number of nitrogens with one attached hydrogen (secondary N) is 1. The number of fused-ring (bicyclic) bond motifs is 1. The zero-order valence-corrected chi connectivity index (χ0v) is 19.5. The summed E-state index contributed by atoms with van der Waals surface area (Å²) in [4.78, 5) is 14.1. The van der Waals surface area contributed by atoms with E-state index in [1.165, 1.54) is 24.5 Å². The third-order valence-electron chi connectivity index (χ3n) is 5.72. The van der Waals surface area contributed by atoms with Gasteiger partial charge in [-0.15, -0.1) is 10.2 Å². The van der Waals surface area contributed by atoms with Crippen LogP contribution < -0.4 is 5.32 Å². The standard InChI is InChI=1S/C29H26N4O2/c1-2-3-7-21-10-13-24(14-11-21)33-31-26-17-12-23(20-27(26)32-33)30-29(34)19-16-25-15-18-28(35-25)22-8-5-4-6-9-22/h4-6,8-20H,2-3,7H2,1H3,(H,30,34)/b19-16+. The summed E-state index contributed by atoms with van der Waals surface area (Å²) >= 11 is 0. The quantitative estimate of drug-likeness (QED) is 0.261. The number of amides is 1. The van der Waals surface area contributed by atoms with Crippen LogP contribution in [0, 0.1) is 0 Å². The summed E-state index contributed by atoms with van der Waals surface area (Å²) in [6.07, 6.45) is 6.55. The molecule has 0 aliphatic heterocycles. The number of hydrogen-bond acceptors (Lipinski definition) is 4. The van der Waals surface area contributed by atoms with Gasteiger partial charge < -0.3 is 9.73 Å². The van der Waals surface area contributed by atoms with E-state index >= 15 is 0 Å². The van der Waals surface area contributed by atoms with Crippen LogP contribution in [0.5, 0.6) is 0 Å². The van der Waals surface area contributed by atoms with Crippen molar-refractivity contribution in [3.05, 3.63) is 102 Å². The van der Waals surface area contributed by atoms with Crippen LogP contribution in [0.2, 0.25) is 0 Å². The van der Waals surface area contributed by atoms with Crippen molar-refractivity contribution >= 4 is 28.7 Å². The number of aryl methyl sites for hydroxylation is 1. The number of rotatable bonds is 8. The summed E-state index contributed by atoms with van der Waals surface area (Å²) in [6.45, 7) is 2.20. The minimum atomic E-state index is -0.253. The van der Waals surface area contributed by atoms with E-state index < -0.39 is 0 Å². The number of benzene rings is 3. The summed E-state index contributed by atoms with van der Waals surface area (Å²) in [6, 6.07) is 27.4. The highest BCUT2D eigenvalue weighted by Gasteiger charge is 2.08. The van der Waals surface area contributed by atoms with Gasteiger partial charge in [-0.25, -0.2) is 0 Å². The molecule has 3 aromatic carbocycles. The Labute approximate surface area is 203 Å². The number of hydrogen-bond donors (Lipinski definition) is 1. The molecule has 0 saturated heterocycles. The number of aromatic nitrogens is 3. The molecule has 2 aromatic heterocycles. The topological polar surface area (TPSA) is 73.0 Å². The Balaban J connectivity index is 1.25. The molecule has 0 atom stereocenters. The van der Waals surface area contributed by atoms with Gasteiger partial charge in [0.1, 0.15) is 22.6 Å². The first-order valence-electron chi connectivity index (χ1n) is 11.8. The highest BCUT2D eigenvalue weighted by Crippen LogP contribution is 2.23. The average molecular weight is 463 g/mol. The van der Waals surface area contributed by atoms with Crippen LogP contribution >= 0.6 is 0 Å². The van der Waals surface area contributed by atoms with E-state index in [1.807, 2.05) is 72.8 Å². The minimum absolute atomic E-state index is 0.253. The second-order valence-electron chi connectivity index (χ2n) is 8.35. The van der Waals surface area contributed by atoms with Crippen LogP contribution in [0.4, 0.5) is 5.69 Å².